The Morgan fingerprint density at radius 3 is 2.72 bits per heavy atom. The largest absolute Gasteiger partial charge is 0.487 e. The normalized spacial score (nSPS) is 21.3. The smallest absolute Gasteiger partial charge is 0.125 e. The molecule has 0 saturated carbocycles. The van der Waals surface area contributed by atoms with Crippen molar-refractivity contribution in [2.24, 2.45) is 0 Å². The topological polar surface area (TPSA) is 21.3 Å². The Labute approximate surface area is 118 Å². The Morgan fingerprint density at radius 2 is 2.11 bits per heavy atom. The molecule has 0 amide bonds. The van der Waals surface area contributed by atoms with Gasteiger partial charge >= 0.3 is 0 Å². The van der Waals surface area contributed by atoms with Gasteiger partial charge in [0.1, 0.15) is 11.4 Å². The van der Waals surface area contributed by atoms with Gasteiger partial charge in [0.05, 0.1) is 0 Å². The van der Waals surface area contributed by atoms with E-state index in [2.05, 4.69) is 61.9 Å². The molecule has 0 saturated heterocycles. The van der Waals surface area contributed by atoms with Gasteiger partial charge in [-0.3, -0.25) is 0 Å². The molecule has 1 aromatic rings. The van der Waals surface area contributed by atoms with Gasteiger partial charge in [0.25, 0.3) is 0 Å². The third-order valence-electron chi connectivity index (χ3n) is 3.57. The van der Waals surface area contributed by atoms with Crippen LogP contribution < -0.4 is 10.1 Å². The maximum atomic E-state index is 6.15. The highest BCUT2D eigenvalue weighted by Crippen LogP contribution is 2.44. The molecule has 1 atom stereocenters. The second kappa shape index (κ2) is 4.86. The van der Waals surface area contributed by atoms with Crippen LogP contribution in [0.15, 0.2) is 10.5 Å². The van der Waals surface area contributed by atoms with Crippen LogP contribution in [0.5, 0.6) is 5.75 Å². The van der Waals surface area contributed by atoms with Crippen molar-refractivity contribution >= 4 is 15.9 Å². The zero-order valence-corrected chi connectivity index (χ0v) is 13.4. The van der Waals surface area contributed by atoms with Gasteiger partial charge in [-0.25, -0.2) is 0 Å². The summed E-state index contributed by atoms with van der Waals surface area (Å²) in [6, 6.07) is 2.53. The lowest BCUT2D eigenvalue weighted by molar-refractivity contribution is 0.0660. The van der Waals surface area contributed by atoms with Crippen molar-refractivity contribution in [3.8, 4) is 5.75 Å². The van der Waals surface area contributed by atoms with E-state index in [1.165, 1.54) is 21.2 Å². The number of ether oxygens (including phenoxy) is 1. The number of rotatable bonds is 2. The van der Waals surface area contributed by atoms with Crippen LogP contribution in [-0.4, -0.2) is 12.1 Å². The van der Waals surface area contributed by atoms with Crippen molar-refractivity contribution in [3.63, 3.8) is 0 Å². The van der Waals surface area contributed by atoms with E-state index in [-0.39, 0.29) is 5.60 Å². The minimum atomic E-state index is -0.105. The number of nitrogens with one attached hydrogen (secondary N) is 1. The number of fused-ring (bicyclic) bond motifs is 1. The Hall–Kier alpha value is -0.540. The minimum absolute atomic E-state index is 0.105. The lowest BCUT2D eigenvalue weighted by Gasteiger charge is -2.39. The molecule has 1 aromatic carbocycles. The number of benzene rings is 1. The van der Waals surface area contributed by atoms with Crippen molar-refractivity contribution in [3.05, 3.63) is 27.2 Å². The van der Waals surface area contributed by atoms with Crippen LogP contribution in [0.25, 0.3) is 0 Å². The summed E-state index contributed by atoms with van der Waals surface area (Å²) < 4.78 is 7.35. The molecule has 3 heteroatoms. The predicted octanol–water partition coefficient (Wildman–Crippen LogP) is 4.28. The molecular weight excluding hydrogens is 290 g/mol. The van der Waals surface area contributed by atoms with Crippen LogP contribution in [0.3, 0.4) is 0 Å². The number of aryl methyl sites for hydroxylation is 1. The summed E-state index contributed by atoms with van der Waals surface area (Å²) in [6.07, 6.45) is 1.00. The highest BCUT2D eigenvalue weighted by atomic mass is 79.9. The van der Waals surface area contributed by atoms with Gasteiger partial charge in [-0.2, -0.15) is 0 Å². The Balaban J connectivity index is 2.56. The molecule has 0 fully saturated rings. The number of hydrogen-bond acceptors (Lipinski definition) is 2. The Kier molecular flexibility index (Phi) is 3.75. The molecule has 2 rings (SSSR count). The van der Waals surface area contributed by atoms with Crippen molar-refractivity contribution in [2.45, 2.75) is 52.7 Å². The third kappa shape index (κ3) is 2.43. The first-order chi connectivity index (χ1) is 8.35. The molecule has 1 unspecified atom stereocenters. The average Bonchev–Trinajstić information content (AvgIpc) is 2.24. The van der Waals surface area contributed by atoms with E-state index in [1.54, 1.807) is 0 Å². The van der Waals surface area contributed by atoms with Gasteiger partial charge < -0.3 is 10.1 Å². The summed E-state index contributed by atoms with van der Waals surface area (Å²) in [6.45, 7) is 11.7. The van der Waals surface area contributed by atoms with Gasteiger partial charge in [-0.05, 0) is 51.4 Å². The van der Waals surface area contributed by atoms with Gasteiger partial charge in [0.15, 0.2) is 0 Å². The van der Waals surface area contributed by atoms with Gasteiger partial charge in [-0.15, -0.1) is 0 Å². The minimum Gasteiger partial charge on any atom is -0.487 e. The molecule has 18 heavy (non-hydrogen) atoms. The molecule has 100 valence electrons. The molecule has 0 bridgehead atoms. The predicted molar refractivity (Wildman–Crippen MR) is 79.4 cm³/mol. The quantitative estimate of drug-likeness (QED) is 0.880. The van der Waals surface area contributed by atoms with E-state index in [0.29, 0.717) is 6.04 Å². The average molecular weight is 312 g/mol. The SMILES string of the molecule is CCNC1CC(C)(C)Oc2cc(C)c(Br)c(C)c21. The maximum absolute atomic E-state index is 6.15. The van der Waals surface area contributed by atoms with E-state index in [0.717, 1.165) is 18.7 Å². The van der Waals surface area contributed by atoms with Crippen LogP contribution in [0.1, 0.15) is 49.9 Å². The van der Waals surface area contributed by atoms with Gasteiger partial charge in [0.2, 0.25) is 0 Å². The highest BCUT2D eigenvalue weighted by Gasteiger charge is 2.35. The number of halogens is 1. The summed E-state index contributed by atoms with van der Waals surface area (Å²) in [5.41, 5.74) is 3.74. The Bertz CT molecular complexity index is 468. The van der Waals surface area contributed by atoms with E-state index in [1.807, 2.05) is 0 Å². The van der Waals surface area contributed by atoms with E-state index in [4.69, 9.17) is 4.74 Å². The fourth-order valence-electron chi connectivity index (χ4n) is 2.81. The lowest BCUT2D eigenvalue weighted by atomic mass is 9.86. The van der Waals surface area contributed by atoms with Crippen molar-refractivity contribution < 1.29 is 4.74 Å². The van der Waals surface area contributed by atoms with Crippen molar-refractivity contribution in [1.29, 1.82) is 0 Å². The van der Waals surface area contributed by atoms with Crippen LogP contribution in [-0.2, 0) is 0 Å². The molecule has 1 heterocycles. The summed E-state index contributed by atoms with van der Waals surface area (Å²) in [4.78, 5) is 0. The van der Waals surface area contributed by atoms with Crippen LogP contribution in [0.2, 0.25) is 0 Å². The molecule has 1 aliphatic rings. The standard InChI is InChI=1S/C15H22BrNO/c1-6-17-11-8-15(4,5)18-12-7-9(2)14(16)10(3)13(11)12/h7,11,17H,6,8H2,1-5H3. The first-order valence-electron chi connectivity index (χ1n) is 6.57. The second-order valence-electron chi connectivity index (χ2n) is 5.72. The molecule has 2 nitrogen and oxygen atoms in total. The Morgan fingerprint density at radius 1 is 1.44 bits per heavy atom. The zero-order valence-electron chi connectivity index (χ0n) is 11.9. The van der Waals surface area contributed by atoms with Crippen LogP contribution in [0, 0.1) is 13.8 Å². The van der Waals surface area contributed by atoms with E-state index in [9.17, 15) is 0 Å². The van der Waals surface area contributed by atoms with E-state index < -0.39 is 0 Å². The summed E-state index contributed by atoms with van der Waals surface area (Å²) in [7, 11) is 0. The first kappa shape index (κ1) is 13.9. The fraction of sp³-hybridized carbons (Fsp3) is 0.600. The third-order valence-corrected chi connectivity index (χ3v) is 4.79. The van der Waals surface area contributed by atoms with Crippen molar-refractivity contribution in [1.82, 2.24) is 5.32 Å². The lowest BCUT2D eigenvalue weighted by Crippen LogP contribution is -2.40. The summed E-state index contributed by atoms with van der Waals surface area (Å²) >= 11 is 3.68. The highest BCUT2D eigenvalue weighted by molar-refractivity contribution is 9.10. The van der Waals surface area contributed by atoms with Gasteiger partial charge in [0, 0.05) is 22.5 Å². The molecule has 0 aliphatic carbocycles. The van der Waals surface area contributed by atoms with E-state index >= 15 is 0 Å². The molecule has 0 spiro atoms. The monoisotopic (exact) mass is 311 g/mol. The second-order valence-corrected chi connectivity index (χ2v) is 6.51. The molecule has 1 aliphatic heterocycles. The summed E-state index contributed by atoms with van der Waals surface area (Å²) in [5.74, 6) is 1.04. The summed E-state index contributed by atoms with van der Waals surface area (Å²) in [5, 5.41) is 3.58. The maximum Gasteiger partial charge on any atom is 0.125 e. The first-order valence-corrected chi connectivity index (χ1v) is 7.37. The molecule has 1 N–H and O–H groups in total. The molecule has 0 radical (unpaired) electrons. The number of hydrogen-bond donors (Lipinski definition) is 1. The van der Waals surface area contributed by atoms with Gasteiger partial charge in [-0.1, -0.05) is 22.9 Å². The zero-order chi connectivity index (χ0) is 13.5. The fourth-order valence-corrected chi connectivity index (χ4v) is 3.14. The molecular formula is C15H22BrNO. The van der Waals surface area contributed by atoms with Crippen LogP contribution in [0.4, 0.5) is 0 Å². The molecule has 0 aromatic heterocycles. The van der Waals surface area contributed by atoms with Crippen LogP contribution >= 0.6 is 15.9 Å². The van der Waals surface area contributed by atoms with Crippen molar-refractivity contribution in [2.75, 3.05) is 6.54 Å².